The molecule has 0 radical (unpaired) electrons. The van der Waals surface area contributed by atoms with Crippen LogP contribution >= 0.6 is 23.2 Å². The number of hydrogen-bond donors (Lipinski definition) is 3. The van der Waals surface area contributed by atoms with Crippen molar-refractivity contribution < 1.29 is 14.4 Å². The summed E-state index contributed by atoms with van der Waals surface area (Å²) in [5, 5.41) is 3.09. The summed E-state index contributed by atoms with van der Waals surface area (Å²) in [6.07, 6.45) is 0. The summed E-state index contributed by atoms with van der Waals surface area (Å²) in [6, 6.07) is 12.7. The van der Waals surface area contributed by atoms with Gasteiger partial charge in [-0.3, -0.25) is 25.2 Å². The molecular formula is C16H13Cl2N3O3. The standard InChI is InChI=1S/C16H13Cl2N3O3/c17-11-5-3-4-10(8-11)15(23)19-9-14(22)20-21-16(24)12-6-1-2-7-13(12)18/h1-8H,9H2,(H,19,23)(H,20,22)(H,21,24). The summed E-state index contributed by atoms with van der Waals surface area (Å²) < 4.78 is 0. The highest BCUT2D eigenvalue weighted by molar-refractivity contribution is 6.33. The molecule has 24 heavy (non-hydrogen) atoms. The van der Waals surface area contributed by atoms with Crippen LogP contribution in [-0.2, 0) is 4.79 Å². The molecule has 6 nitrogen and oxygen atoms in total. The van der Waals surface area contributed by atoms with E-state index < -0.39 is 17.7 Å². The Bertz CT molecular complexity index is 781. The van der Waals surface area contributed by atoms with E-state index in [-0.39, 0.29) is 17.1 Å². The Morgan fingerprint density at radius 2 is 1.62 bits per heavy atom. The average Bonchev–Trinajstić information content (AvgIpc) is 2.58. The van der Waals surface area contributed by atoms with Crippen LogP contribution in [0.5, 0.6) is 0 Å². The summed E-state index contributed by atoms with van der Waals surface area (Å²) in [6.45, 7) is -0.311. The molecule has 0 saturated heterocycles. The topological polar surface area (TPSA) is 87.3 Å². The number of rotatable bonds is 4. The van der Waals surface area contributed by atoms with Gasteiger partial charge in [0.15, 0.2) is 0 Å². The monoisotopic (exact) mass is 365 g/mol. The van der Waals surface area contributed by atoms with Gasteiger partial charge in [-0.25, -0.2) is 0 Å². The minimum atomic E-state index is -0.592. The van der Waals surface area contributed by atoms with E-state index in [1.54, 1.807) is 36.4 Å². The summed E-state index contributed by atoms with van der Waals surface area (Å²) in [5.41, 5.74) is 4.96. The van der Waals surface area contributed by atoms with E-state index in [2.05, 4.69) is 16.2 Å². The van der Waals surface area contributed by atoms with Crippen molar-refractivity contribution in [3.8, 4) is 0 Å². The number of hydrogen-bond acceptors (Lipinski definition) is 3. The molecule has 124 valence electrons. The van der Waals surface area contributed by atoms with Crippen LogP contribution in [0.2, 0.25) is 10.0 Å². The van der Waals surface area contributed by atoms with Crippen molar-refractivity contribution in [2.24, 2.45) is 0 Å². The van der Waals surface area contributed by atoms with Crippen LogP contribution in [0.25, 0.3) is 0 Å². The second-order valence-electron chi connectivity index (χ2n) is 4.68. The van der Waals surface area contributed by atoms with E-state index >= 15 is 0 Å². The minimum Gasteiger partial charge on any atom is -0.343 e. The van der Waals surface area contributed by atoms with Crippen molar-refractivity contribution >= 4 is 40.9 Å². The Hall–Kier alpha value is -2.57. The fraction of sp³-hybridized carbons (Fsp3) is 0.0625. The first kappa shape index (κ1) is 17.8. The fourth-order valence-electron chi connectivity index (χ4n) is 1.78. The first-order valence-electron chi connectivity index (χ1n) is 6.85. The number of amides is 3. The molecule has 2 aromatic rings. The quantitative estimate of drug-likeness (QED) is 0.725. The molecule has 2 rings (SSSR count). The maximum atomic E-state index is 11.9. The second-order valence-corrected chi connectivity index (χ2v) is 5.52. The molecular weight excluding hydrogens is 353 g/mol. The SMILES string of the molecule is O=C(CNC(=O)c1cccc(Cl)c1)NNC(=O)c1ccccc1Cl. The van der Waals surface area contributed by atoms with Gasteiger partial charge in [-0.15, -0.1) is 0 Å². The normalized spacial score (nSPS) is 9.92. The lowest BCUT2D eigenvalue weighted by atomic mass is 10.2. The number of halogens is 2. The summed E-state index contributed by atoms with van der Waals surface area (Å²) in [4.78, 5) is 35.4. The highest BCUT2D eigenvalue weighted by Crippen LogP contribution is 2.14. The summed E-state index contributed by atoms with van der Waals surface area (Å²) >= 11 is 11.7. The Morgan fingerprint density at radius 3 is 2.33 bits per heavy atom. The van der Waals surface area contributed by atoms with Crippen LogP contribution in [0, 0.1) is 0 Å². The summed E-state index contributed by atoms with van der Waals surface area (Å²) in [7, 11) is 0. The van der Waals surface area contributed by atoms with Crippen LogP contribution in [0.4, 0.5) is 0 Å². The Labute approximate surface area is 148 Å². The third kappa shape index (κ3) is 4.97. The number of carbonyl (C=O) groups excluding carboxylic acids is 3. The van der Waals surface area contributed by atoms with E-state index in [4.69, 9.17) is 23.2 Å². The molecule has 0 heterocycles. The Balaban J connectivity index is 1.80. The zero-order valence-electron chi connectivity index (χ0n) is 12.3. The number of benzene rings is 2. The summed E-state index contributed by atoms with van der Waals surface area (Å²) in [5.74, 6) is -1.61. The lowest BCUT2D eigenvalue weighted by Gasteiger charge is -2.09. The molecule has 2 aromatic carbocycles. The molecule has 3 amide bonds. The van der Waals surface area contributed by atoms with Gasteiger partial charge in [-0.1, -0.05) is 41.4 Å². The van der Waals surface area contributed by atoms with Crippen LogP contribution < -0.4 is 16.2 Å². The maximum absolute atomic E-state index is 11.9. The van der Waals surface area contributed by atoms with E-state index in [0.29, 0.717) is 10.6 Å². The van der Waals surface area contributed by atoms with Gasteiger partial charge >= 0.3 is 0 Å². The molecule has 0 aliphatic heterocycles. The number of nitrogens with one attached hydrogen (secondary N) is 3. The van der Waals surface area contributed by atoms with Crippen molar-refractivity contribution in [2.45, 2.75) is 0 Å². The van der Waals surface area contributed by atoms with Crippen molar-refractivity contribution in [3.63, 3.8) is 0 Å². The van der Waals surface area contributed by atoms with Crippen LogP contribution in [0.15, 0.2) is 48.5 Å². The van der Waals surface area contributed by atoms with Crippen molar-refractivity contribution in [1.82, 2.24) is 16.2 Å². The predicted molar refractivity (Wildman–Crippen MR) is 90.8 cm³/mol. The van der Waals surface area contributed by atoms with E-state index in [1.165, 1.54) is 12.1 Å². The van der Waals surface area contributed by atoms with E-state index in [1.807, 2.05) is 0 Å². The predicted octanol–water partition coefficient (Wildman–Crippen LogP) is 2.18. The lowest BCUT2D eigenvalue weighted by Crippen LogP contribution is -2.46. The van der Waals surface area contributed by atoms with Crippen molar-refractivity contribution in [2.75, 3.05) is 6.54 Å². The van der Waals surface area contributed by atoms with Crippen LogP contribution in [-0.4, -0.2) is 24.3 Å². The molecule has 0 spiro atoms. The van der Waals surface area contributed by atoms with Gasteiger partial charge in [0, 0.05) is 10.6 Å². The smallest absolute Gasteiger partial charge is 0.271 e. The molecule has 3 N–H and O–H groups in total. The first-order valence-corrected chi connectivity index (χ1v) is 7.60. The average molecular weight is 366 g/mol. The number of carbonyl (C=O) groups is 3. The van der Waals surface area contributed by atoms with Gasteiger partial charge in [0.1, 0.15) is 0 Å². The van der Waals surface area contributed by atoms with Gasteiger partial charge in [0.25, 0.3) is 17.7 Å². The zero-order chi connectivity index (χ0) is 17.5. The third-order valence-corrected chi connectivity index (χ3v) is 3.49. The number of hydrazine groups is 1. The van der Waals surface area contributed by atoms with Gasteiger partial charge in [0.05, 0.1) is 17.1 Å². The van der Waals surface area contributed by atoms with Gasteiger partial charge in [0.2, 0.25) is 0 Å². The minimum absolute atomic E-state index is 0.224. The molecule has 0 saturated carbocycles. The van der Waals surface area contributed by atoms with Crippen molar-refractivity contribution in [3.05, 3.63) is 69.7 Å². The Kier molecular flexibility index (Phi) is 6.17. The van der Waals surface area contributed by atoms with Gasteiger partial charge in [-0.05, 0) is 30.3 Å². The molecule has 0 aliphatic rings. The zero-order valence-corrected chi connectivity index (χ0v) is 13.8. The van der Waals surface area contributed by atoms with Crippen LogP contribution in [0.3, 0.4) is 0 Å². The van der Waals surface area contributed by atoms with Crippen LogP contribution in [0.1, 0.15) is 20.7 Å². The molecule has 0 atom stereocenters. The highest BCUT2D eigenvalue weighted by atomic mass is 35.5. The van der Waals surface area contributed by atoms with E-state index in [9.17, 15) is 14.4 Å². The van der Waals surface area contributed by atoms with Crippen molar-refractivity contribution in [1.29, 1.82) is 0 Å². The maximum Gasteiger partial charge on any atom is 0.271 e. The molecule has 0 unspecified atom stereocenters. The lowest BCUT2D eigenvalue weighted by molar-refractivity contribution is -0.120. The molecule has 0 aromatic heterocycles. The molecule has 0 aliphatic carbocycles. The Morgan fingerprint density at radius 1 is 0.875 bits per heavy atom. The second kappa shape index (κ2) is 8.33. The fourth-order valence-corrected chi connectivity index (χ4v) is 2.19. The highest BCUT2D eigenvalue weighted by Gasteiger charge is 2.12. The van der Waals surface area contributed by atoms with Gasteiger partial charge < -0.3 is 5.32 Å². The first-order chi connectivity index (χ1) is 11.5. The molecule has 8 heteroatoms. The third-order valence-electron chi connectivity index (χ3n) is 2.93. The molecule has 0 fully saturated rings. The largest absolute Gasteiger partial charge is 0.343 e. The van der Waals surface area contributed by atoms with Gasteiger partial charge in [-0.2, -0.15) is 0 Å². The van der Waals surface area contributed by atoms with E-state index in [0.717, 1.165) is 0 Å². The molecule has 0 bridgehead atoms.